The van der Waals surface area contributed by atoms with Gasteiger partial charge in [0.05, 0.1) is 11.2 Å². The summed E-state index contributed by atoms with van der Waals surface area (Å²) in [4.78, 5) is 5.65. The lowest BCUT2D eigenvalue weighted by atomic mass is 9.98. The normalized spacial score (nSPS) is 15.6. The number of rotatable bonds is 5. The second-order valence-corrected chi connectivity index (χ2v) is 5.54. The van der Waals surface area contributed by atoms with Crippen LogP contribution >= 0.6 is 11.3 Å². The molecule has 0 saturated carbocycles. The summed E-state index contributed by atoms with van der Waals surface area (Å²) in [5.74, 6) is 1.47. The minimum Gasteiger partial charge on any atom is -0.309 e. The van der Waals surface area contributed by atoms with E-state index in [2.05, 4.69) is 44.9 Å². The summed E-state index contributed by atoms with van der Waals surface area (Å²) in [6.45, 7) is 12.2. The number of hydrogen-bond donors (Lipinski definition) is 1. The number of nitrogens with zero attached hydrogens (tertiary/aromatic N) is 1. The van der Waals surface area contributed by atoms with Crippen molar-refractivity contribution in [2.75, 3.05) is 6.54 Å². The van der Waals surface area contributed by atoms with Crippen LogP contribution in [-0.4, -0.2) is 11.5 Å². The lowest BCUT2D eigenvalue weighted by molar-refractivity contribution is 0.376. The van der Waals surface area contributed by atoms with Gasteiger partial charge in [0.2, 0.25) is 0 Å². The molecular weight excluding hydrogens is 204 g/mol. The highest BCUT2D eigenvalue weighted by Gasteiger charge is 2.13. The molecule has 1 heterocycles. The van der Waals surface area contributed by atoms with E-state index in [-0.39, 0.29) is 0 Å². The first-order valence-corrected chi connectivity index (χ1v) is 6.53. The molecule has 0 aliphatic carbocycles. The molecule has 1 N–H and O–H groups in total. The molecular formula is C12H22N2S. The zero-order chi connectivity index (χ0) is 11.4. The predicted octanol–water partition coefficient (Wildman–Crippen LogP) is 3.39. The number of thiazole rings is 1. The fraction of sp³-hybridized carbons (Fsp3) is 0.750. The van der Waals surface area contributed by atoms with E-state index in [1.165, 1.54) is 4.88 Å². The van der Waals surface area contributed by atoms with Crippen molar-refractivity contribution in [2.45, 2.75) is 40.7 Å². The highest BCUT2D eigenvalue weighted by atomic mass is 32.1. The van der Waals surface area contributed by atoms with Gasteiger partial charge in [-0.3, -0.25) is 0 Å². The van der Waals surface area contributed by atoms with Crippen LogP contribution < -0.4 is 5.32 Å². The van der Waals surface area contributed by atoms with E-state index in [0.29, 0.717) is 6.04 Å². The van der Waals surface area contributed by atoms with Gasteiger partial charge in [-0.05, 0) is 32.2 Å². The average molecular weight is 226 g/mol. The van der Waals surface area contributed by atoms with Crippen molar-refractivity contribution in [1.82, 2.24) is 10.3 Å². The van der Waals surface area contributed by atoms with E-state index < -0.39 is 0 Å². The topological polar surface area (TPSA) is 24.9 Å². The van der Waals surface area contributed by atoms with Crippen LogP contribution in [0.2, 0.25) is 0 Å². The van der Waals surface area contributed by atoms with Crippen molar-refractivity contribution in [1.29, 1.82) is 0 Å². The Labute approximate surface area is 97.1 Å². The van der Waals surface area contributed by atoms with Crippen LogP contribution in [0.3, 0.4) is 0 Å². The molecule has 0 bridgehead atoms. The highest BCUT2D eigenvalue weighted by Crippen LogP contribution is 2.21. The van der Waals surface area contributed by atoms with Gasteiger partial charge in [-0.2, -0.15) is 0 Å². The van der Waals surface area contributed by atoms with Crippen LogP contribution in [0.15, 0.2) is 5.51 Å². The molecule has 0 radical (unpaired) electrons. The molecule has 0 aromatic carbocycles. The fourth-order valence-electron chi connectivity index (χ4n) is 1.42. The third-order valence-electron chi connectivity index (χ3n) is 3.06. The summed E-state index contributed by atoms with van der Waals surface area (Å²) in [6, 6.07) is 0.429. The monoisotopic (exact) mass is 226 g/mol. The molecule has 1 aromatic rings. The summed E-state index contributed by atoms with van der Waals surface area (Å²) in [5, 5.41) is 3.58. The summed E-state index contributed by atoms with van der Waals surface area (Å²) < 4.78 is 0. The maximum absolute atomic E-state index is 4.28. The maximum Gasteiger partial charge on any atom is 0.0798 e. The van der Waals surface area contributed by atoms with Crippen molar-refractivity contribution >= 4 is 11.3 Å². The first-order valence-electron chi connectivity index (χ1n) is 5.65. The van der Waals surface area contributed by atoms with Crippen molar-refractivity contribution in [3.63, 3.8) is 0 Å². The van der Waals surface area contributed by atoms with E-state index in [4.69, 9.17) is 0 Å². The summed E-state index contributed by atoms with van der Waals surface area (Å²) >= 11 is 1.74. The van der Waals surface area contributed by atoms with Crippen LogP contribution in [0.25, 0.3) is 0 Å². The van der Waals surface area contributed by atoms with Gasteiger partial charge < -0.3 is 5.32 Å². The van der Waals surface area contributed by atoms with Crippen LogP contribution in [0.5, 0.6) is 0 Å². The molecule has 0 aliphatic heterocycles. The smallest absolute Gasteiger partial charge is 0.0798 e. The van der Waals surface area contributed by atoms with Gasteiger partial charge in [0.15, 0.2) is 0 Å². The summed E-state index contributed by atoms with van der Waals surface area (Å²) in [7, 11) is 0. The molecule has 0 aliphatic rings. The Bertz CT molecular complexity index is 294. The molecule has 0 saturated heterocycles. The number of aryl methyl sites for hydroxylation is 1. The first kappa shape index (κ1) is 12.7. The molecule has 0 spiro atoms. The predicted molar refractivity (Wildman–Crippen MR) is 67.3 cm³/mol. The van der Waals surface area contributed by atoms with Gasteiger partial charge in [-0.15, -0.1) is 11.3 Å². The Balaban J connectivity index is 2.43. The van der Waals surface area contributed by atoms with Crippen molar-refractivity contribution in [2.24, 2.45) is 11.8 Å². The Morgan fingerprint density at radius 2 is 2.00 bits per heavy atom. The standard InChI is InChI=1S/C12H22N2S/c1-8(2)9(3)6-13-10(4)12-11(5)14-7-15-12/h7-10,13H,6H2,1-5H3. The molecule has 2 unspecified atom stereocenters. The fourth-order valence-corrected chi connectivity index (χ4v) is 2.25. The molecule has 15 heavy (non-hydrogen) atoms. The zero-order valence-electron chi connectivity index (χ0n) is 10.4. The minimum atomic E-state index is 0.429. The van der Waals surface area contributed by atoms with Crippen molar-refractivity contribution in [3.8, 4) is 0 Å². The Hall–Kier alpha value is -0.410. The third kappa shape index (κ3) is 3.58. The van der Waals surface area contributed by atoms with Crippen LogP contribution in [0.4, 0.5) is 0 Å². The molecule has 86 valence electrons. The van der Waals surface area contributed by atoms with Gasteiger partial charge >= 0.3 is 0 Å². The van der Waals surface area contributed by atoms with Gasteiger partial charge in [0.1, 0.15) is 0 Å². The Morgan fingerprint density at radius 3 is 2.47 bits per heavy atom. The summed E-state index contributed by atoms with van der Waals surface area (Å²) in [5.41, 5.74) is 3.09. The second kappa shape index (κ2) is 5.61. The van der Waals surface area contributed by atoms with Crippen molar-refractivity contribution < 1.29 is 0 Å². The first-order chi connectivity index (χ1) is 7.02. The van der Waals surface area contributed by atoms with Crippen LogP contribution in [0, 0.1) is 18.8 Å². The van der Waals surface area contributed by atoms with Gasteiger partial charge in [0, 0.05) is 10.9 Å². The maximum atomic E-state index is 4.28. The lowest BCUT2D eigenvalue weighted by Crippen LogP contribution is -2.26. The third-order valence-corrected chi connectivity index (χ3v) is 4.17. The van der Waals surface area contributed by atoms with Gasteiger partial charge in [-0.25, -0.2) is 4.98 Å². The molecule has 0 amide bonds. The van der Waals surface area contributed by atoms with E-state index in [1.807, 2.05) is 5.51 Å². The number of nitrogens with one attached hydrogen (secondary N) is 1. The van der Waals surface area contributed by atoms with Crippen LogP contribution in [-0.2, 0) is 0 Å². The van der Waals surface area contributed by atoms with E-state index in [1.54, 1.807) is 11.3 Å². The molecule has 0 fully saturated rings. The van der Waals surface area contributed by atoms with Crippen LogP contribution in [0.1, 0.15) is 44.3 Å². The molecule has 2 nitrogen and oxygen atoms in total. The van der Waals surface area contributed by atoms with E-state index in [9.17, 15) is 0 Å². The Morgan fingerprint density at radius 1 is 1.33 bits per heavy atom. The second-order valence-electron chi connectivity index (χ2n) is 4.65. The van der Waals surface area contributed by atoms with E-state index in [0.717, 1.165) is 24.1 Å². The minimum absolute atomic E-state index is 0.429. The molecule has 1 aromatic heterocycles. The molecule has 1 rings (SSSR count). The Kier molecular flexibility index (Phi) is 4.74. The highest BCUT2D eigenvalue weighted by molar-refractivity contribution is 7.09. The van der Waals surface area contributed by atoms with E-state index >= 15 is 0 Å². The largest absolute Gasteiger partial charge is 0.309 e. The van der Waals surface area contributed by atoms with Crippen molar-refractivity contribution in [3.05, 3.63) is 16.1 Å². The van der Waals surface area contributed by atoms with Gasteiger partial charge in [-0.1, -0.05) is 20.8 Å². The lowest BCUT2D eigenvalue weighted by Gasteiger charge is -2.19. The van der Waals surface area contributed by atoms with Gasteiger partial charge in [0.25, 0.3) is 0 Å². The molecule has 2 atom stereocenters. The quantitative estimate of drug-likeness (QED) is 0.832. The number of hydrogen-bond acceptors (Lipinski definition) is 3. The SMILES string of the molecule is Cc1ncsc1C(C)NCC(C)C(C)C. The zero-order valence-corrected chi connectivity index (χ0v) is 11.2. The number of aromatic nitrogens is 1. The summed E-state index contributed by atoms with van der Waals surface area (Å²) in [6.07, 6.45) is 0. The average Bonchev–Trinajstić information content (AvgIpc) is 2.60. The molecule has 3 heteroatoms.